The molecule has 0 aromatic heterocycles. The predicted molar refractivity (Wildman–Crippen MR) is 83.4 cm³/mol. The molecule has 3 aromatic rings. The average Bonchev–Trinajstić information content (AvgIpc) is 2.47. The Morgan fingerprint density at radius 1 is 0.864 bits per heavy atom. The minimum absolute atomic E-state index is 0.0554. The van der Waals surface area contributed by atoms with E-state index in [9.17, 15) is 20.1 Å². The highest BCUT2D eigenvalue weighted by molar-refractivity contribution is 6.04. The van der Waals surface area contributed by atoms with E-state index in [0.29, 0.717) is 16.3 Å². The number of hydrogen-bond acceptors (Lipinski definition) is 4. The standard InChI is InChI=1S/C18H14O4/c19-13-5-1-3-11(7-13)8-17(21)15-9-12-4-2-6-16(20)14(12)10-18(15)22/h1-7,9-10,19-20,22H,8H2. The van der Waals surface area contributed by atoms with Gasteiger partial charge in [-0.05, 0) is 41.3 Å². The smallest absolute Gasteiger partial charge is 0.170 e. The Kier molecular flexibility index (Phi) is 3.43. The molecule has 4 heteroatoms. The summed E-state index contributed by atoms with van der Waals surface area (Å²) < 4.78 is 0. The van der Waals surface area contributed by atoms with Crippen LogP contribution < -0.4 is 0 Å². The zero-order valence-corrected chi connectivity index (χ0v) is 11.7. The van der Waals surface area contributed by atoms with Crippen molar-refractivity contribution in [3.05, 3.63) is 65.7 Å². The molecule has 0 amide bonds. The molecular weight excluding hydrogens is 280 g/mol. The number of Topliss-reactive ketones (excluding diaryl/α,β-unsaturated/α-hetero) is 1. The third kappa shape index (κ3) is 2.59. The maximum Gasteiger partial charge on any atom is 0.170 e. The number of fused-ring (bicyclic) bond motifs is 1. The molecule has 0 heterocycles. The first kappa shape index (κ1) is 13.9. The first-order valence-corrected chi connectivity index (χ1v) is 6.80. The van der Waals surface area contributed by atoms with Crippen LogP contribution in [0.4, 0.5) is 0 Å². The number of hydrogen-bond donors (Lipinski definition) is 3. The zero-order valence-electron chi connectivity index (χ0n) is 11.7. The SMILES string of the molecule is O=C(Cc1cccc(O)c1)c1cc2cccc(O)c2cc1O. The molecule has 0 fully saturated rings. The molecule has 0 radical (unpaired) electrons. The molecule has 4 nitrogen and oxygen atoms in total. The molecule has 0 aliphatic heterocycles. The molecule has 0 unspecified atom stereocenters. The Hall–Kier alpha value is -3.01. The summed E-state index contributed by atoms with van der Waals surface area (Å²) in [7, 11) is 0. The van der Waals surface area contributed by atoms with Gasteiger partial charge in [-0.3, -0.25) is 4.79 Å². The third-order valence-corrected chi connectivity index (χ3v) is 3.55. The Morgan fingerprint density at radius 2 is 1.64 bits per heavy atom. The van der Waals surface area contributed by atoms with Crippen molar-refractivity contribution in [3.8, 4) is 17.2 Å². The molecule has 0 saturated carbocycles. The fourth-order valence-corrected chi connectivity index (χ4v) is 2.47. The number of carbonyl (C=O) groups is 1. The van der Waals surface area contributed by atoms with Crippen LogP contribution in [0.15, 0.2) is 54.6 Å². The van der Waals surface area contributed by atoms with Crippen molar-refractivity contribution in [1.29, 1.82) is 0 Å². The number of phenols is 3. The second kappa shape index (κ2) is 5.41. The van der Waals surface area contributed by atoms with Crippen LogP contribution in [0, 0.1) is 0 Å². The number of benzene rings is 3. The van der Waals surface area contributed by atoms with Gasteiger partial charge in [-0.25, -0.2) is 0 Å². The lowest BCUT2D eigenvalue weighted by Gasteiger charge is -2.08. The quantitative estimate of drug-likeness (QED) is 0.647. The molecule has 0 aliphatic carbocycles. The van der Waals surface area contributed by atoms with Gasteiger partial charge in [0.15, 0.2) is 5.78 Å². The van der Waals surface area contributed by atoms with Crippen molar-refractivity contribution in [3.63, 3.8) is 0 Å². The zero-order chi connectivity index (χ0) is 15.7. The average molecular weight is 294 g/mol. The van der Waals surface area contributed by atoms with Gasteiger partial charge in [0.05, 0.1) is 5.56 Å². The fraction of sp³-hybridized carbons (Fsp3) is 0.0556. The van der Waals surface area contributed by atoms with E-state index < -0.39 is 0 Å². The van der Waals surface area contributed by atoms with Crippen molar-refractivity contribution >= 4 is 16.6 Å². The molecule has 3 rings (SSSR count). The number of aromatic hydroxyl groups is 3. The molecule has 0 aliphatic rings. The lowest BCUT2D eigenvalue weighted by atomic mass is 9.98. The highest BCUT2D eigenvalue weighted by Gasteiger charge is 2.14. The second-order valence-electron chi connectivity index (χ2n) is 5.14. The van der Waals surface area contributed by atoms with Crippen molar-refractivity contribution < 1.29 is 20.1 Å². The van der Waals surface area contributed by atoms with Crippen molar-refractivity contribution in [2.24, 2.45) is 0 Å². The summed E-state index contributed by atoms with van der Waals surface area (Å²) in [6, 6.07) is 14.4. The van der Waals surface area contributed by atoms with E-state index in [0.717, 1.165) is 0 Å². The van der Waals surface area contributed by atoms with E-state index in [1.165, 1.54) is 24.3 Å². The molecule has 3 N–H and O–H groups in total. The summed E-state index contributed by atoms with van der Waals surface area (Å²) in [4.78, 5) is 12.4. The lowest BCUT2D eigenvalue weighted by Crippen LogP contribution is -2.04. The van der Waals surface area contributed by atoms with E-state index in [1.54, 1.807) is 30.3 Å². The van der Waals surface area contributed by atoms with Crippen LogP contribution >= 0.6 is 0 Å². The van der Waals surface area contributed by atoms with E-state index in [4.69, 9.17) is 0 Å². The summed E-state index contributed by atoms with van der Waals surface area (Å²) in [5, 5.41) is 30.4. The Morgan fingerprint density at radius 3 is 2.41 bits per heavy atom. The molecular formula is C18H14O4. The lowest BCUT2D eigenvalue weighted by molar-refractivity contribution is 0.0990. The van der Waals surface area contributed by atoms with Gasteiger partial charge in [-0.1, -0.05) is 24.3 Å². The first-order chi connectivity index (χ1) is 10.5. The summed E-state index contributed by atoms with van der Waals surface area (Å²) in [5.74, 6) is -0.273. The summed E-state index contributed by atoms with van der Waals surface area (Å²) >= 11 is 0. The van der Waals surface area contributed by atoms with Gasteiger partial charge in [-0.2, -0.15) is 0 Å². The number of carbonyl (C=O) groups excluding carboxylic acids is 1. The highest BCUT2D eigenvalue weighted by Crippen LogP contribution is 2.31. The third-order valence-electron chi connectivity index (χ3n) is 3.55. The molecule has 22 heavy (non-hydrogen) atoms. The summed E-state index contributed by atoms with van der Waals surface area (Å²) in [6.07, 6.45) is 0.0757. The van der Waals surface area contributed by atoms with Gasteiger partial charge < -0.3 is 15.3 Å². The number of phenolic OH excluding ortho intramolecular Hbond substituents is 3. The molecule has 110 valence electrons. The van der Waals surface area contributed by atoms with Crippen LogP contribution in [0.3, 0.4) is 0 Å². The van der Waals surface area contributed by atoms with Gasteiger partial charge in [-0.15, -0.1) is 0 Å². The van der Waals surface area contributed by atoms with Crippen LogP contribution in [-0.4, -0.2) is 21.1 Å². The van der Waals surface area contributed by atoms with Crippen LogP contribution in [0.25, 0.3) is 10.8 Å². The molecule has 0 bridgehead atoms. The van der Waals surface area contributed by atoms with Gasteiger partial charge in [0.2, 0.25) is 0 Å². The molecule has 0 saturated heterocycles. The predicted octanol–water partition coefficient (Wildman–Crippen LogP) is 3.38. The van der Waals surface area contributed by atoms with Crippen LogP contribution in [0.1, 0.15) is 15.9 Å². The Bertz CT molecular complexity index is 868. The monoisotopic (exact) mass is 294 g/mol. The largest absolute Gasteiger partial charge is 0.508 e. The summed E-state index contributed by atoms with van der Waals surface area (Å²) in [6.45, 7) is 0. The normalized spacial score (nSPS) is 10.7. The van der Waals surface area contributed by atoms with Crippen molar-refractivity contribution in [2.75, 3.05) is 0 Å². The van der Waals surface area contributed by atoms with E-state index in [-0.39, 0.29) is 35.0 Å². The first-order valence-electron chi connectivity index (χ1n) is 6.80. The minimum Gasteiger partial charge on any atom is -0.508 e. The van der Waals surface area contributed by atoms with E-state index in [2.05, 4.69) is 0 Å². The Labute approximate surface area is 126 Å². The molecule has 0 atom stereocenters. The number of ketones is 1. The fourth-order valence-electron chi connectivity index (χ4n) is 2.47. The van der Waals surface area contributed by atoms with E-state index >= 15 is 0 Å². The highest BCUT2D eigenvalue weighted by atomic mass is 16.3. The topological polar surface area (TPSA) is 77.8 Å². The van der Waals surface area contributed by atoms with Gasteiger partial charge >= 0.3 is 0 Å². The van der Waals surface area contributed by atoms with Crippen LogP contribution in [-0.2, 0) is 6.42 Å². The van der Waals surface area contributed by atoms with Crippen molar-refractivity contribution in [1.82, 2.24) is 0 Å². The number of rotatable bonds is 3. The van der Waals surface area contributed by atoms with Gasteiger partial charge in [0.25, 0.3) is 0 Å². The van der Waals surface area contributed by atoms with Gasteiger partial charge in [0, 0.05) is 11.8 Å². The minimum atomic E-state index is -0.256. The molecule has 3 aromatic carbocycles. The Balaban J connectivity index is 1.99. The maximum atomic E-state index is 12.4. The van der Waals surface area contributed by atoms with Crippen LogP contribution in [0.2, 0.25) is 0 Å². The van der Waals surface area contributed by atoms with E-state index in [1.807, 2.05) is 0 Å². The summed E-state index contributed by atoms with van der Waals surface area (Å²) in [5.41, 5.74) is 0.863. The van der Waals surface area contributed by atoms with Crippen LogP contribution in [0.5, 0.6) is 17.2 Å². The van der Waals surface area contributed by atoms with Gasteiger partial charge in [0.1, 0.15) is 17.2 Å². The second-order valence-corrected chi connectivity index (χ2v) is 5.14. The van der Waals surface area contributed by atoms with Crippen molar-refractivity contribution in [2.45, 2.75) is 6.42 Å². The molecule has 0 spiro atoms. The maximum absolute atomic E-state index is 12.4.